The van der Waals surface area contributed by atoms with Gasteiger partial charge in [-0.25, -0.2) is 8.42 Å². The van der Waals surface area contributed by atoms with Crippen LogP contribution in [0, 0.1) is 0 Å². The van der Waals surface area contributed by atoms with Gasteiger partial charge in [0.2, 0.25) is 0 Å². The van der Waals surface area contributed by atoms with Crippen molar-refractivity contribution in [1.82, 2.24) is 5.32 Å². The van der Waals surface area contributed by atoms with Crippen LogP contribution in [0.5, 0.6) is 0 Å². The molecule has 0 aliphatic rings. The lowest BCUT2D eigenvalue weighted by molar-refractivity contribution is 0.414. The fourth-order valence-electron chi connectivity index (χ4n) is 2.32. The number of hydrogen-bond acceptors (Lipinski definition) is 4. The smallest absolute Gasteiger partial charge is 0.147 e. The first kappa shape index (κ1) is 15.1. The zero-order valence-corrected chi connectivity index (χ0v) is 12.7. The lowest BCUT2D eigenvalue weighted by atomic mass is 10.1. The molecule has 0 saturated carbocycles. The predicted molar refractivity (Wildman–Crippen MR) is 81.6 cm³/mol. The number of furan rings is 1. The van der Waals surface area contributed by atoms with E-state index in [0.29, 0.717) is 6.42 Å². The molecule has 1 atom stereocenters. The van der Waals surface area contributed by atoms with E-state index in [2.05, 4.69) is 5.32 Å². The SMILES string of the molecule is CCNC(CCCS(C)(=O)=O)c1cc2ccccc2o1. The van der Waals surface area contributed by atoms with Crippen LogP contribution < -0.4 is 5.32 Å². The number of rotatable bonds is 7. The van der Waals surface area contributed by atoms with Gasteiger partial charge in [0.15, 0.2) is 0 Å². The lowest BCUT2D eigenvalue weighted by Crippen LogP contribution is -2.21. The highest BCUT2D eigenvalue weighted by atomic mass is 32.2. The van der Waals surface area contributed by atoms with E-state index in [1.165, 1.54) is 6.26 Å². The van der Waals surface area contributed by atoms with E-state index in [-0.39, 0.29) is 11.8 Å². The molecule has 0 bridgehead atoms. The number of fused-ring (bicyclic) bond motifs is 1. The van der Waals surface area contributed by atoms with Crippen molar-refractivity contribution in [1.29, 1.82) is 0 Å². The van der Waals surface area contributed by atoms with Gasteiger partial charge < -0.3 is 9.73 Å². The van der Waals surface area contributed by atoms with E-state index in [9.17, 15) is 8.42 Å². The zero-order chi connectivity index (χ0) is 14.6. The molecule has 0 amide bonds. The van der Waals surface area contributed by atoms with E-state index in [4.69, 9.17) is 4.42 Å². The van der Waals surface area contributed by atoms with Gasteiger partial charge in [-0.05, 0) is 31.5 Å². The van der Waals surface area contributed by atoms with Crippen molar-refractivity contribution >= 4 is 20.8 Å². The van der Waals surface area contributed by atoms with Crippen molar-refractivity contribution in [3.8, 4) is 0 Å². The van der Waals surface area contributed by atoms with Crippen molar-refractivity contribution in [2.45, 2.75) is 25.8 Å². The minimum absolute atomic E-state index is 0.0640. The van der Waals surface area contributed by atoms with Gasteiger partial charge >= 0.3 is 0 Å². The Bertz CT molecular complexity index is 628. The van der Waals surface area contributed by atoms with Crippen LogP contribution in [0.15, 0.2) is 34.7 Å². The van der Waals surface area contributed by atoms with Crippen molar-refractivity contribution in [3.63, 3.8) is 0 Å². The Morgan fingerprint density at radius 3 is 2.70 bits per heavy atom. The van der Waals surface area contributed by atoms with Crippen LogP contribution in [0.2, 0.25) is 0 Å². The fourth-order valence-corrected chi connectivity index (χ4v) is 3.01. The van der Waals surface area contributed by atoms with Gasteiger partial charge in [-0.15, -0.1) is 0 Å². The second kappa shape index (κ2) is 6.41. The van der Waals surface area contributed by atoms with Crippen LogP contribution in [0.25, 0.3) is 11.0 Å². The molecule has 0 saturated heterocycles. The summed E-state index contributed by atoms with van der Waals surface area (Å²) < 4.78 is 28.3. The van der Waals surface area contributed by atoms with Gasteiger partial charge in [-0.3, -0.25) is 0 Å². The van der Waals surface area contributed by atoms with E-state index in [1.54, 1.807) is 0 Å². The van der Waals surface area contributed by atoms with Crippen LogP contribution in [-0.4, -0.2) is 27.0 Å². The molecule has 1 heterocycles. The Morgan fingerprint density at radius 2 is 2.05 bits per heavy atom. The van der Waals surface area contributed by atoms with Gasteiger partial charge in [0.25, 0.3) is 0 Å². The molecule has 1 unspecified atom stereocenters. The summed E-state index contributed by atoms with van der Waals surface area (Å²) >= 11 is 0. The molecular formula is C15H21NO3S. The zero-order valence-electron chi connectivity index (χ0n) is 11.9. The van der Waals surface area contributed by atoms with Gasteiger partial charge in [0, 0.05) is 17.4 Å². The molecule has 2 rings (SSSR count). The Labute approximate surface area is 120 Å². The van der Waals surface area contributed by atoms with Gasteiger partial charge in [0.1, 0.15) is 21.2 Å². The summed E-state index contributed by atoms with van der Waals surface area (Å²) in [6.07, 6.45) is 2.66. The van der Waals surface area contributed by atoms with Gasteiger partial charge in [-0.2, -0.15) is 0 Å². The molecule has 0 aliphatic carbocycles. The Balaban J connectivity index is 2.11. The molecular weight excluding hydrogens is 274 g/mol. The Kier molecular flexibility index (Phi) is 4.83. The minimum Gasteiger partial charge on any atom is -0.459 e. The Morgan fingerprint density at radius 1 is 1.30 bits per heavy atom. The van der Waals surface area contributed by atoms with Crippen LogP contribution >= 0.6 is 0 Å². The summed E-state index contributed by atoms with van der Waals surface area (Å²) in [5.41, 5.74) is 0.869. The van der Waals surface area contributed by atoms with Crippen LogP contribution in [0.4, 0.5) is 0 Å². The van der Waals surface area contributed by atoms with Crippen molar-refractivity contribution in [3.05, 3.63) is 36.1 Å². The van der Waals surface area contributed by atoms with E-state index >= 15 is 0 Å². The summed E-state index contributed by atoms with van der Waals surface area (Å²) in [6, 6.07) is 9.98. The van der Waals surface area contributed by atoms with E-state index in [1.807, 2.05) is 37.3 Å². The highest BCUT2D eigenvalue weighted by Gasteiger charge is 2.16. The maximum Gasteiger partial charge on any atom is 0.147 e. The number of sulfone groups is 1. The highest BCUT2D eigenvalue weighted by molar-refractivity contribution is 7.90. The molecule has 0 fully saturated rings. The molecule has 5 heteroatoms. The Hall–Kier alpha value is -1.33. The predicted octanol–water partition coefficient (Wildman–Crippen LogP) is 2.91. The summed E-state index contributed by atoms with van der Waals surface area (Å²) in [5.74, 6) is 1.09. The third-order valence-electron chi connectivity index (χ3n) is 3.25. The normalized spacial score (nSPS) is 13.7. The molecule has 1 aromatic carbocycles. The number of benzene rings is 1. The molecule has 2 aromatic rings. The highest BCUT2D eigenvalue weighted by Crippen LogP contribution is 2.26. The molecule has 1 N–H and O–H groups in total. The molecule has 4 nitrogen and oxygen atoms in total. The van der Waals surface area contributed by atoms with Crippen LogP contribution in [0.1, 0.15) is 31.6 Å². The average Bonchev–Trinajstić information content (AvgIpc) is 2.80. The summed E-state index contributed by atoms with van der Waals surface area (Å²) in [7, 11) is -2.90. The molecule has 20 heavy (non-hydrogen) atoms. The van der Waals surface area contributed by atoms with Crippen LogP contribution in [0.3, 0.4) is 0 Å². The number of nitrogens with one attached hydrogen (secondary N) is 1. The number of para-hydroxylation sites is 1. The lowest BCUT2D eigenvalue weighted by Gasteiger charge is -2.14. The average molecular weight is 295 g/mol. The molecule has 1 aromatic heterocycles. The fraction of sp³-hybridized carbons (Fsp3) is 0.467. The van der Waals surface area contributed by atoms with Crippen molar-refractivity contribution < 1.29 is 12.8 Å². The molecule has 0 radical (unpaired) electrons. The first-order valence-corrected chi connectivity index (χ1v) is 8.95. The quantitative estimate of drug-likeness (QED) is 0.853. The molecule has 110 valence electrons. The molecule has 0 aliphatic heterocycles. The van der Waals surface area contributed by atoms with Crippen molar-refractivity contribution in [2.24, 2.45) is 0 Å². The molecule has 0 spiro atoms. The second-order valence-corrected chi connectivity index (χ2v) is 7.33. The number of hydrogen-bond donors (Lipinski definition) is 1. The summed E-state index contributed by atoms with van der Waals surface area (Å²) in [5, 5.41) is 4.43. The first-order valence-electron chi connectivity index (χ1n) is 6.89. The largest absolute Gasteiger partial charge is 0.459 e. The minimum atomic E-state index is -2.90. The van der Waals surface area contributed by atoms with E-state index in [0.717, 1.165) is 29.7 Å². The monoisotopic (exact) mass is 295 g/mol. The van der Waals surface area contributed by atoms with Crippen LogP contribution in [-0.2, 0) is 9.84 Å². The van der Waals surface area contributed by atoms with Gasteiger partial charge in [0.05, 0.1) is 6.04 Å². The second-order valence-electron chi connectivity index (χ2n) is 5.07. The van der Waals surface area contributed by atoms with Gasteiger partial charge in [-0.1, -0.05) is 25.1 Å². The third kappa shape index (κ3) is 4.08. The van der Waals surface area contributed by atoms with E-state index < -0.39 is 9.84 Å². The van der Waals surface area contributed by atoms with Crippen molar-refractivity contribution in [2.75, 3.05) is 18.6 Å². The topological polar surface area (TPSA) is 59.3 Å². The summed E-state index contributed by atoms with van der Waals surface area (Å²) in [4.78, 5) is 0. The first-order chi connectivity index (χ1) is 9.49. The summed E-state index contributed by atoms with van der Waals surface area (Å²) in [6.45, 7) is 2.85. The maximum atomic E-state index is 11.2. The third-order valence-corrected chi connectivity index (χ3v) is 4.28. The standard InChI is InChI=1S/C15H21NO3S/c1-3-16-13(8-6-10-20(2,17)18)15-11-12-7-4-5-9-14(12)19-15/h4-5,7,9,11,13,16H,3,6,8,10H2,1-2H3. The maximum absolute atomic E-state index is 11.2.